The van der Waals surface area contributed by atoms with E-state index in [-0.39, 0.29) is 4.90 Å². The molecule has 0 saturated carbocycles. The molecule has 2 aromatic carbocycles. The Bertz CT molecular complexity index is 1280. The van der Waals surface area contributed by atoms with Gasteiger partial charge >= 0.3 is 0 Å². The SMILES string of the molecule is Cc1nc(Nc2ccc(NS(=O)(=O)c3cccc(F)c3)cc2)cc(-n2ccnc2)n1. The van der Waals surface area contributed by atoms with Gasteiger partial charge in [-0.3, -0.25) is 9.29 Å². The molecule has 0 aliphatic rings. The number of nitrogens with zero attached hydrogens (tertiary/aromatic N) is 4. The fraction of sp³-hybridized carbons (Fsp3) is 0.0500. The van der Waals surface area contributed by atoms with Crippen molar-refractivity contribution >= 4 is 27.2 Å². The van der Waals surface area contributed by atoms with Crippen LogP contribution in [0.4, 0.5) is 21.6 Å². The van der Waals surface area contributed by atoms with Gasteiger partial charge in [-0.2, -0.15) is 0 Å². The molecule has 8 nitrogen and oxygen atoms in total. The first-order chi connectivity index (χ1) is 14.4. The summed E-state index contributed by atoms with van der Waals surface area (Å²) in [6, 6.07) is 13.2. The number of benzene rings is 2. The van der Waals surface area contributed by atoms with Crippen molar-refractivity contribution in [2.75, 3.05) is 10.0 Å². The quantitative estimate of drug-likeness (QED) is 0.490. The number of nitrogens with one attached hydrogen (secondary N) is 2. The zero-order valence-corrected chi connectivity index (χ0v) is 16.6. The second-order valence-electron chi connectivity index (χ2n) is 6.39. The van der Waals surface area contributed by atoms with Gasteiger partial charge in [0.05, 0.1) is 4.90 Å². The summed E-state index contributed by atoms with van der Waals surface area (Å²) < 4.78 is 42.3. The van der Waals surface area contributed by atoms with Crippen LogP contribution in [-0.2, 0) is 10.0 Å². The standard InChI is InChI=1S/C20H17FN6O2S/c1-14-23-19(12-20(24-14)27-10-9-22-13-27)25-16-5-7-17(8-6-16)26-30(28,29)18-4-2-3-15(21)11-18/h2-13,26H,1H3,(H,23,24,25). The highest BCUT2D eigenvalue weighted by molar-refractivity contribution is 7.92. The van der Waals surface area contributed by atoms with Gasteiger partial charge in [-0.05, 0) is 49.4 Å². The molecule has 152 valence electrons. The summed E-state index contributed by atoms with van der Waals surface area (Å²) >= 11 is 0. The van der Waals surface area contributed by atoms with E-state index < -0.39 is 15.8 Å². The fourth-order valence-electron chi connectivity index (χ4n) is 2.76. The summed E-state index contributed by atoms with van der Waals surface area (Å²) in [5.41, 5.74) is 1.06. The molecule has 0 aliphatic heterocycles. The summed E-state index contributed by atoms with van der Waals surface area (Å²) in [5, 5.41) is 3.16. The number of imidazole rings is 1. The van der Waals surface area contributed by atoms with Crippen molar-refractivity contribution in [3.8, 4) is 5.82 Å². The normalized spacial score (nSPS) is 11.3. The third kappa shape index (κ3) is 4.44. The Labute approximate surface area is 172 Å². The Morgan fingerprint density at radius 2 is 1.77 bits per heavy atom. The highest BCUT2D eigenvalue weighted by Gasteiger charge is 2.14. The molecule has 30 heavy (non-hydrogen) atoms. The lowest BCUT2D eigenvalue weighted by Crippen LogP contribution is -2.13. The number of hydrogen-bond donors (Lipinski definition) is 2. The Balaban J connectivity index is 1.51. The van der Waals surface area contributed by atoms with Crippen LogP contribution in [0.2, 0.25) is 0 Å². The summed E-state index contributed by atoms with van der Waals surface area (Å²) in [6.07, 6.45) is 5.09. The van der Waals surface area contributed by atoms with E-state index in [1.807, 2.05) is 0 Å². The van der Waals surface area contributed by atoms with Crippen molar-refractivity contribution in [3.63, 3.8) is 0 Å². The molecule has 4 aromatic rings. The molecule has 0 bridgehead atoms. The smallest absolute Gasteiger partial charge is 0.261 e. The molecule has 0 aliphatic carbocycles. The molecule has 0 saturated heterocycles. The van der Waals surface area contributed by atoms with Crippen molar-refractivity contribution in [2.45, 2.75) is 11.8 Å². The summed E-state index contributed by atoms with van der Waals surface area (Å²) in [4.78, 5) is 12.6. The average Bonchev–Trinajstić information content (AvgIpc) is 3.24. The first kappa shape index (κ1) is 19.5. The minimum absolute atomic E-state index is 0.145. The second-order valence-corrected chi connectivity index (χ2v) is 8.08. The van der Waals surface area contributed by atoms with Gasteiger partial charge in [-0.1, -0.05) is 6.07 Å². The number of sulfonamides is 1. The van der Waals surface area contributed by atoms with Crippen molar-refractivity contribution in [1.29, 1.82) is 0 Å². The number of hydrogen-bond acceptors (Lipinski definition) is 6. The lowest BCUT2D eigenvalue weighted by Gasteiger charge is -2.11. The van der Waals surface area contributed by atoms with Crippen LogP contribution >= 0.6 is 0 Å². The molecule has 2 heterocycles. The molecule has 2 N–H and O–H groups in total. The molecule has 0 amide bonds. The maximum atomic E-state index is 13.3. The fourth-order valence-corrected chi connectivity index (χ4v) is 3.85. The molecule has 0 spiro atoms. The van der Waals surface area contributed by atoms with E-state index in [2.05, 4.69) is 25.0 Å². The molecule has 0 atom stereocenters. The van der Waals surface area contributed by atoms with Crippen LogP contribution in [0.25, 0.3) is 5.82 Å². The van der Waals surface area contributed by atoms with E-state index >= 15 is 0 Å². The van der Waals surface area contributed by atoms with Crippen LogP contribution < -0.4 is 10.0 Å². The average molecular weight is 424 g/mol. The van der Waals surface area contributed by atoms with E-state index in [0.717, 1.165) is 6.07 Å². The lowest BCUT2D eigenvalue weighted by molar-refractivity contribution is 0.595. The largest absolute Gasteiger partial charge is 0.340 e. The first-order valence-corrected chi connectivity index (χ1v) is 10.4. The van der Waals surface area contributed by atoms with E-state index in [1.54, 1.807) is 60.5 Å². The van der Waals surface area contributed by atoms with Crippen molar-refractivity contribution in [1.82, 2.24) is 19.5 Å². The van der Waals surface area contributed by atoms with Gasteiger partial charge in [0.1, 0.15) is 29.6 Å². The monoisotopic (exact) mass is 424 g/mol. The Morgan fingerprint density at radius 3 is 2.47 bits per heavy atom. The molecule has 4 rings (SSSR count). The van der Waals surface area contributed by atoms with Gasteiger partial charge in [0, 0.05) is 29.8 Å². The van der Waals surface area contributed by atoms with Crippen molar-refractivity contribution in [3.05, 3.63) is 85.0 Å². The lowest BCUT2D eigenvalue weighted by atomic mass is 10.3. The first-order valence-electron chi connectivity index (χ1n) is 8.88. The topological polar surface area (TPSA) is 102 Å². The Hall–Kier alpha value is -3.79. The van der Waals surface area contributed by atoms with E-state index in [4.69, 9.17) is 0 Å². The van der Waals surface area contributed by atoms with Gasteiger partial charge in [0.25, 0.3) is 10.0 Å². The van der Waals surface area contributed by atoms with Crippen molar-refractivity contribution < 1.29 is 12.8 Å². The van der Waals surface area contributed by atoms with Gasteiger partial charge in [0.2, 0.25) is 0 Å². The van der Waals surface area contributed by atoms with Gasteiger partial charge in [0.15, 0.2) is 0 Å². The molecule has 10 heteroatoms. The maximum Gasteiger partial charge on any atom is 0.261 e. The Kier molecular flexibility index (Phi) is 5.15. The van der Waals surface area contributed by atoms with Crippen LogP contribution in [0.1, 0.15) is 5.82 Å². The van der Waals surface area contributed by atoms with Gasteiger partial charge < -0.3 is 5.32 Å². The predicted octanol–water partition coefficient (Wildman–Crippen LogP) is 3.65. The summed E-state index contributed by atoms with van der Waals surface area (Å²) in [7, 11) is -3.88. The third-order valence-electron chi connectivity index (χ3n) is 4.11. The van der Waals surface area contributed by atoms with Crippen molar-refractivity contribution in [2.24, 2.45) is 0 Å². The van der Waals surface area contributed by atoms with Gasteiger partial charge in [-0.15, -0.1) is 0 Å². The second kappa shape index (κ2) is 7.91. The number of aromatic nitrogens is 4. The number of anilines is 3. The number of aryl methyl sites for hydroxylation is 1. The molecule has 2 aromatic heterocycles. The summed E-state index contributed by atoms with van der Waals surface area (Å²) in [5.74, 6) is 1.22. The number of halogens is 1. The minimum Gasteiger partial charge on any atom is -0.340 e. The zero-order chi connectivity index (χ0) is 21.1. The molecular weight excluding hydrogens is 407 g/mol. The van der Waals surface area contributed by atoms with Crippen LogP contribution in [0.15, 0.2) is 78.2 Å². The molecular formula is C20H17FN6O2S. The number of rotatable bonds is 6. The van der Waals surface area contributed by atoms with Crippen LogP contribution in [0.5, 0.6) is 0 Å². The van der Waals surface area contributed by atoms with Crippen LogP contribution in [-0.4, -0.2) is 27.9 Å². The maximum absolute atomic E-state index is 13.3. The third-order valence-corrected chi connectivity index (χ3v) is 5.49. The minimum atomic E-state index is -3.88. The molecule has 0 radical (unpaired) electrons. The van der Waals surface area contributed by atoms with Gasteiger partial charge in [-0.25, -0.2) is 27.8 Å². The summed E-state index contributed by atoms with van der Waals surface area (Å²) in [6.45, 7) is 1.79. The highest BCUT2D eigenvalue weighted by atomic mass is 32.2. The zero-order valence-electron chi connectivity index (χ0n) is 15.8. The van der Waals surface area contributed by atoms with Crippen LogP contribution in [0.3, 0.4) is 0 Å². The highest BCUT2D eigenvalue weighted by Crippen LogP contribution is 2.21. The van der Waals surface area contributed by atoms with E-state index in [1.165, 1.54) is 18.2 Å². The predicted molar refractivity (Wildman–Crippen MR) is 111 cm³/mol. The van der Waals surface area contributed by atoms with E-state index in [9.17, 15) is 12.8 Å². The molecule has 0 unspecified atom stereocenters. The van der Waals surface area contributed by atoms with Crippen LogP contribution in [0, 0.1) is 12.7 Å². The van der Waals surface area contributed by atoms with E-state index in [0.29, 0.717) is 28.8 Å². The molecule has 0 fully saturated rings. The Morgan fingerprint density at radius 1 is 1.00 bits per heavy atom.